The number of unbranched alkanes of at least 4 members (excludes halogenated alkanes) is 3. The molecule has 0 heterocycles. The maximum Gasteiger partial charge on any atom is 0.0466 e. The standard InChI is InChI=1S/C12H26O2/c1-12(2)8-7-11-14-10-6-4-3-5-9-13/h12-13H,3-11H2,1-2H3. The van der Waals surface area contributed by atoms with E-state index >= 15 is 0 Å². The minimum Gasteiger partial charge on any atom is -0.396 e. The molecule has 0 rings (SSSR count). The van der Waals surface area contributed by atoms with Gasteiger partial charge in [0, 0.05) is 19.8 Å². The molecular formula is C12H26O2. The Labute approximate surface area is 88.7 Å². The summed E-state index contributed by atoms with van der Waals surface area (Å²) in [7, 11) is 0. The maximum atomic E-state index is 8.56. The van der Waals surface area contributed by atoms with Crippen molar-refractivity contribution in [1.29, 1.82) is 0 Å². The Morgan fingerprint density at radius 2 is 1.57 bits per heavy atom. The molecule has 0 aromatic rings. The summed E-state index contributed by atoms with van der Waals surface area (Å²) in [6, 6.07) is 0. The van der Waals surface area contributed by atoms with Crippen LogP contribution in [-0.4, -0.2) is 24.9 Å². The molecule has 0 spiro atoms. The maximum absolute atomic E-state index is 8.56. The Balaban J connectivity index is 2.85. The molecule has 0 aliphatic carbocycles. The van der Waals surface area contributed by atoms with Crippen LogP contribution in [0.5, 0.6) is 0 Å². The van der Waals surface area contributed by atoms with E-state index in [1.165, 1.54) is 19.3 Å². The molecule has 2 heteroatoms. The highest BCUT2D eigenvalue weighted by molar-refractivity contribution is 4.45. The fourth-order valence-corrected chi connectivity index (χ4v) is 1.37. The van der Waals surface area contributed by atoms with Crippen LogP contribution in [0.2, 0.25) is 0 Å². The van der Waals surface area contributed by atoms with Gasteiger partial charge in [-0.15, -0.1) is 0 Å². The zero-order valence-corrected chi connectivity index (χ0v) is 9.80. The van der Waals surface area contributed by atoms with Crippen molar-refractivity contribution >= 4 is 0 Å². The third-order valence-electron chi connectivity index (χ3n) is 2.27. The van der Waals surface area contributed by atoms with Gasteiger partial charge in [-0.3, -0.25) is 0 Å². The summed E-state index contributed by atoms with van der Waals surface area (Å²) in [6.07, 6.45) is 6.85. The van der Waals surface area contributed by atoms with Crippen LogP contribution in [0.1, 0.15) is 52.4 Å². The van der Waals surface area contributed by atoms with Crippen molar-refractivity contribution < 1.29 is 9.84 Å². The van der Waals surface area contributed by atoms with E-state index < -0.39 is 0 Å². The van der Waals surface area contributed by atoms with Gasteiger partial charge in [0.05, 0.1) is 0 Å². The van der Waals surface area contributed by atoms with Crippen LogP contribution in [0.15, 0.2) is 0 Å². The zero-order chi connectivity index (χ0) is 10.6. The van der Waals surface area contributed by atoms with Crippen LogP contribution in [0.3, 0.4) is 0 Å². The molecule has 0 amide bonds. The lowest BCUT2D eigenvalue weighted by molar-refractivity contribution is 0.123. The number of hydrogen-bond donors (Lipinski definition) is 1. The summed E-state index contributed by atoms with van der Waals surface area (Å²) in [5.41, 5.74) is 0. The van der Waals surface area contributed by atoms with E-state index in [0.717, 1.165) is 38.4 Å². The van der Waals surface area contributed by atoms with Crippen LogP contribution >= 0.6 is 0 Å². The molecule has 0 saturated heterocycles. The lowest BCUT2D eigenvalue weighted by atomic mass is 10.1. The summed E-state index contributed by atoms with van der Waals surface area (Å²) < 4.78 is 5.50. The van der Waals surface area contributed by atoms with Crippen LogP contribution in [0.25, 0.3) is 0 Å². The highest BCUT2D eigenvalue weighted by atomic mass is 16.5. The average molecular weight is 202 g/mol. The van der Waals surface area contributed by atoms with Gasteiger partial charge in [0.2, 0.25) is 0 Å². The van der Waals surface area contributed by atoms with E-state index in [1.807, 2.05) is 0 Å². The average Bonchev–Trinajstić information content (AvgIpc) is 2.15. The molecule has 86 valence electrons. The van der Waals surface area contributed by atoms with Crippen LogP contribution < -0.4 is 0 Å². The molecule has 0 radical (unpaired) electrons. The van der Waals surface area contributed by atoms with Crippen molar-refractivity contribution in [3.05, 3.63) is 0 Å². The van der Waals surface area contributed by atoms with E-state index in [-0.39, 0.29) is 0 Å². The van der Waals surface area contributed by atoms with Gasteiger partial charge in [-0.25, -0.2) is 0 Å². The number of aliphatic hydroxyl groups excluding tert-OH is 1. The fourth-order valence-electron chi connectivity index (χ4n) is 1.37. The largest absolute Gasteiger partial charge is 0.396 e. The summed E-state index contributed by atoms with van der Waals surface area (Å²) in [5.74, 6) is 0.795. The highest BCUT2D eigenvalue weighted by Gasteiger charge is 1.94. The third-order valence-corrected chi connectivity index (χ3v) is 2.27. The molecule has 2 nitrogen and oxygen atoms in total. The Kier molecular flexibility index (Phi) is 10.9. The van der Waals surface area contributed by atoms with Gasteiger partial charge in [-0.05, 0) is 31.6 Å². The summed E-state index contributed by atoms with van der Waals surface area (Å²) in [5, 5.41) is 8.56. The van der Waals surface area contributed by atoms with Crippen molar-refractivity contribution in [2.45, 2.75) is 52.4 Å². The first-order chi connectivity index (χ1) is 6.77. The smallest absolute Gasteiger partial charge is 0.0466 e. The van der Waals surface area contributed by atoms with E-state index in [4.69, 9.17) is 9.84 Å². The second kappa shape index (κ2) is 11.0. The molecular weight excluding hydrogens is 176 g/mol. The quantitative estimate of drug-likeness (QED) is 0.552. The molecule has 0 aliphatic heterocycles. The van der Waals surface area contributed by atoms with E-state index in [1.54, 1.807) is 0 Å². The predicted molar refractivity (Wildman–Crippen MR) is 60.4 cm³/mol. The summed E-state index contributed by atoms with van der Waals surface area (Å²) in [6.45, 7) is 6.63. The Hall–Kier alpha value is -0.0800. The first kappa shape index (κ1) is 13.9. The van der Waals surface area contributed by atoms with Gasteiger partial charge in [0.25, 0.3) is 0 Å². The molecule has 0 aliphatic rings. The first-order valence-electron chi connectivity index (χ1n) is 5.96. The van der Waals surface area contributed by atoms with Crippen molar-refractivity contribution in [2.75, 3.05) is 19.8 Å². The topological polar surface area (TPSA) is 29.5 Å². The second-order valence-electron chi connectivity index (χ2n) is 4.29. The van der Waals surface area contributed by atoms with E-state index in [0.29, 0.717) is 6.61 Å². The lowest BCUT2D eigenvalue weighted by Crippen LogP contribution is -1.99. The first-order valence-corrected chi connectivity index (χ1v) is 5.96. The number of hydrogen-bond acceptors (Lipinski definition) is 2. The molecule has 1 N–H and O–H groups in total. The van der Waals surface area contributed by atoms with E-state index in [2.05, 4.69) is 13.8 Å². The molecule has 0 atom stereocenters. The van der Waals surface area contributed by atoms with Crippen molar-refractivity contribution in [1.82, 2.24) is 0 Å². The molecule has 0 fully saturated rings. The lowest BCUT2D eigenvalue weighted by Gasteiger charge is -2.05. The van der Waals surface area contributed by atoms with Gasteiger partial charge < -0.3 is 9.84 Å². The summed E-state index contributed by atoms with van der Waals surface area (Å²) >= 11 is 0. The van der Waals surface area contributed by atoms with Gasteiger partial charge in [0.15, 0.2) is 0 Å². The van der Waals surface area contributed by atoms with Crippen molar-refractivity contribution in [3.8, 4) is 0 Å². The Bertz CT molecular complexity index is 102. The minimum absolute atomic E-state index is 0.329. The molecule has 14 heavy (non-hydrogen) atoms. The Morgan fingerprint density at radius 1 is 0.929 bits per heavy atom. The number of aliphatic hydroxyl groups is 1. The van der Waals surface area contributed by atoms with Gasteiger partial charge >= 0.3 is 0 Å². The van der Waals surface area contributed by atoms with Crippen LogP contribution in [-0.2, 0) is 4.74 Å². The second-order valence-corrected chi connectivity index (χ2v) is 4.29. The molecule has 0 saturated carbocycles. The van der Waals surface area contributed by atoms with Crippen molar-refractivity contribution in [2.24, 2.45) is 5.92 Å². The number of rotatable bonds is 10. The van der Waals surface area contributed by atoms with Gasteiger partial charge in [-0.1, -0.05) is 26.7 Å². The molecule has 0 unspecified atom stereocenters. The number of ether oxygens (including phenoxy) is 1. The SMILES string of the molecule is CC(C)CCCOCCCCCCO. The van der Waals surface area contributed by atoms with Crippen LogP contribution in [0.4, 0.5) is 0 Å². The van der Waals surface area contributed by atoms with Gasteiger partial charge in [-0.2, -0.15) is 0 Å². The minimum atomic E-state index is 0.329. The van der Waals surface area contributed by atoms with Crippen LogP contribution in [0, 0.1) is 5.92 Å². The summed E-state index contributed by atoms with van der Waals surface area (Å²) in [4.78, 5) is 0. The zero-order valence-electron chi connectivity index (χ0n) is 9.80. The Morgan fingerprint density at radius 3 is 2.21 bits per heavy atom. The highest BCUT2D eigenvalue weighted by Crippen LogP contribution is 2.04. The third kappa shape index (κ3) is 11.9. The predicted octanol–water partition coefficient (Wildman–Crippen LogP) is 2.99. The molecule has 0 aromatic carbocycles. The normalized spacial score (nSPS) is 11.1. The van der Waals surface area contributed by atoms with Crippen molar-refractivity contribution in [3.63, 3.8) is 0 Å². The molecule has 0 aromatic heterocycles. The molecule has 0 bridgehead atoms. The van der Waals surface area contributed by atoms with Gasteiger partial charge in [0.1, 0.15) is 0 Å². The van der Waals surface area contributed by atoms with E-state index in [9.17, 15) is 0 Å². The monoisotopic (exact) mass is 202 g/mol. The fraction of sp³-hybridized carbons (Fsp3) is 1.00.